The molecule has 29 heavy (non-hydrogen) atoms. The minimum Gasteiger partial charge on any atom is -0.497 e. The minimum absolute atomic E-state index is 0.121. The van der Waals surface area contributed by atoms with Crippen LogP contribution in [0.1, 0.15) is 18.4 Å². The van der Waals surface area contributed by atoms with Crippen molar-refractivity contribution in [1.82, 2.24) is 4.31 Å². The molecule has 0 atom stereocenters. The van der Waals surface area contributed by atoms with Crippen LogP contribution in [-0.2, 0) is 20.6 Å². The number of carbonyl (C=O) groups is 1. The second-order valence-electron chi connectivity index (χ2n) is 6.85. The van der Waals surface area contributed by atoms with E-state index in [1.54, 1.807) is 49.6 Å². The second kappa shape index (κ2) is 9.34. The zero-order valence-electron chi connectivity index (χ0n) is 15.9. The Bertz CT molecular complexity index is 969. The Kier molecular flexibility index (Phi) is 7.05. The molecule has 0 aromatic heterocycles. The van der Waals surface area contributed by atoms with Crippen molar-refractivity contribution in [2.75, 3.05) is 25.5 Å². The first kappa shape index (κ1) is 21.9. The molecule has 1 aliphatic heterocycles. The highest BCUT2D eigenvalue weighted by Crippen LogP contribution is 2.29. The lowest BCUT2D eigenvalue weighted by Gasteiger charge is -2.30. The van der Waals surface area contributed by atoms with E-state index in [0.29, 0.717) is 39.9 Å². The number of nitrogens with one attached hydrogen (secondary N) is 1. The molecule has 1 aliphatic rings. The topological polar surface area (TPSA) is 75.7 Å². The molecule has 0 spiro atoms. The zero-order valence-corrected chi connectivity index (χ0v) is 18.2. The maximum Gasteiger partial charge on any atom is 0.227 e. The van der Waals surface area contributed by atoms with E-state index in [9.17, 15) is 13.2 Å². The molecule has 1 fully saturated rings. The van der Waals surface area contributed by atoms with Crippen LogP contribution in [0.4, 0.5) is 5.69 Å². The molecule has 6 nitrogen and oxygen atoms in total. The Labute approximate surface area is 180 Å². The summed E-state index contributed by atoms with van der Waals surface area (Å²) in [5, 5.41) is 3.53. The summed E-state index contributed by atoms with van der Waals surface area (Å²) < 4.78 is 32.1. The van der Waals surface area contributed by atoms with E-state index in [-0.39, 0.29) is 30.7 Å². The van der Waals surface area contributed by atoms with Gasteiger partial charge in [-0.1, -0.05) is 35.3 Å². The summed E-state index contributed by atoms with van der Waals surface area (Å²) in [6, 6.07) is 12.0. The molecule has 1 amide bonds. The van der Waals surface area contributed by atoms with E-state index in [1.165, 1.54) is 4.31 Å². The number of hydrogen-bond donors (Lipinski definition) is 1. The number of benzene rings is 2. The molecule has 156 valence electrons. The van der Waals surface area contributed by atoms with Gasteiger partial charge in [-0.15, -0.1) is 0 Å². The zero-order chi connectivity index (χ0) is 21.0. The largest absolute Gasteiger partial charge is 0.497 e. The van der Waals surface area contributed by atoms with Gasteiger partial charge >= 0.3 is 0 Å². The van der Waals surface area contributed by atoms with Crippen LogP contribution >= 0.6 is 23.2 Å². The summed E-state index contributed by atoms with van der Waals surface area (Å²) in [7, 11) is -2.02. The van der Waals surface area contributed by atoms with E-state index in [2.05, 4.69) is 5.32 Å². The molecule has 0 bridgehead atoms. The average Bonchev–Trinajstić information content (AvgIpc) is 2.71. The first-order valence-corrected chi connectivity index (χ1v) is 11.5. The molecule has 2 aromatic rings. The monoisotopic (exact) mass is 456 g/mol. The quantitative estimate of drug-likeness (QED) is 0.706. The van der Waals surface area contributed by atoms with Crippen LogP contribution in [0.25, 0.3) is 0 Å². The van der Waals surface area contributed by atoms with Gasteiger partial charge in [0, 0.05) is 46.4 Å². The molecule has 0 radical (unpaired) electrons. The maximum atomic E-state index is 12.8. The molecule has 0 aliphatic carbocycles. The van der Waals surface area contributed by atoms with Crippen molar-refractivity contribution in [3.05, 3.63) is 58.1 Å². The third-order valence-corrected chi connectivity index (χ3v) is 7.46. The van der Waals surface area contributed by atoms with Gasteiger partial charge in [0.2, 0.25) is 15.9 Å². The molecule has 1 N–H and O–H groups in total. The highest BCUT2D eigenvalue weighted by molar-refractivity contribution is 7.88. The molecule has 1 heterocycles. The number of ether oxygens (including phenoxy) is 1. The molecule has 0 unspecified atom stereocenters. The Morgan fingerprint density at radius 2 is 1.76 bits per heavy atom. The standard InChI is InChI=1S/C20H22Cl2N2O4S/c1-28-16-5-2-4-15(12-16)23-20(25)14-8-10-24(11-9-14)29(26,27)13-17-18(21)6-3-7-19(17)22/h2-7,12,14H,8-11,13H2,1H3,(H,23,25). The Hall–Kier alpha value is -1.80. The van der Waals surface area contributed by atoms with Crippen molar-refractivity contribution in [3.8, 4) is 5.75 Å². The summed E-state index contributed by atoms with van der Waals surface area (Å²) in [4.78, 5) is 12.5. The third kappa shape index (κ3) is 5.42. The number of sulfonamides is 1. The molecule has 9 heteroatoms. The van der Waals surface area contributed by atoms with Crippen LogP contribution in [-0.4, -0.2) is 38.8 Å². The molecule has 2 aromatic carbocycles. The predicted molar refractivity (Wildman–Crippen MR) is 115 cm³/mol. The highest BCUT2D eigenvalue weighted by Gasteiger charge is 2.32. The Morgan fingerprint density at radius 1 is 1.14 bits per heavy atom. The van der Waals surface area contributed by atoms with Gasteiger partial charge in [-0.25, -0.2) is 12.7 Å². The van der Waals surface area contributed by atoms with Crippen LogP contribution in [0.2, 0.25) is 10.0 Å². The van der Waals surface area contributed by atoms with E-state index >= 15 is 0 Å². The van der Waals surface area contributed by atoms with Crippen LogP contribution in [0.5, 0.6) is 5.75 Å². The van der Waals surface area contributed by atoms with Gasteiger partial charge in [0.25, 0.3) is 0 Å². The normalized spacial score (nSPS) is 15.8. The van der Waals surface area contributed by atoms with Gasteiger partial charge in [0.05, 0.1) is 12.9 Å². The lowest BCUT2D eigenvalue weighted by atomic mass is 9.97. The number of hydrogen-bond acceptors (Lipinski definition) is 4. The fourth-order valence-corrected chi connectivity index (χ4v) is 5.60. The van der Waals surface area contributed by atoms with Crippen LogP contribution < -0.4 is 10.1 Å². The summed E-state index contributed by atoms with van der Waals surface area (Å²) in [6.45, 7) is 0.557. The van der Waals surface area contributed by atoms with Gasteiger partial charge in [-0.05, 0) is 37.1 Å². The summed E-state index contributed by atoms with van der Waals surface area (Å²) in [6.07, 6.45) is 0.899. The van der Waals surface area contributed by atoms with Crippen molar-refractivity contribution in [2.24, 2.45) is 5.92 Å². The van der Waals surface area contributed by atoms with Crippen LogP contribution in [0.15, 0.2) is 42.5 Å². The number of halogens is 2. The van der Waals surface area contributed by atoms with Crippen molar-refractivity contribution in [2.45, 2.75) is 18.6 Å². The molecular weight excluding hydrogens is 435 g/mol. The number of methoxy groups -OCH3 is 1. The maximum absolute atomic E-state index is 12.8. The summed E-state index contributed by atoms with van der Waals surface area (Å²) >= 11 is 12.2. The van der Waals surface area contributed by atoms with Gasteiger partial charge in [-0.3, -0.25) is 4.79 Å². The van der Waals surface area contributed by atoms with Gasteiger partial charge in [0.15, 0.2) is 0 Å². The third-order valence-electron chi connectivity index (χ3n) is 4.94. The lowest BCUT2D eigenvalue weighted by molar-refractivity contribution is -0.120. The number of amides is 1. The Balaban J connectivity index is 1.60. The van der Waals surface area contributed by atoms with Crippen LogP contribution in [0.3, 0.4) is 0 Å². The van der Waals surface area contributed by atoms with E-state index in [0.717, 1.165) is 0 Å². The molecule has 3 rings (SSSR count). The van der Waals surface area contributed by atoms with Gasteiger partial charge in [-0.2, -0.15) is 0 Å². The Morgan fingerprint density at radius 3 is 2.38 bits per heavy atom. The van der Waals surface area contributed by atoms with Crippen molar-refractivity contribution >= 4 is 44.8 Å². The summed E-state index contributed by atoms with van der Waals surface area (Å²) in [5.41, 5.74) is 1.05. The highest BCUT2D eigenvalue weighted by atomic mass is 35.5. The second-order valence-corrected chi connectivity index (χ2v) is 9.63. The fraction of sp³-hybridized carbons (Fsp3) is 0.350. The fourth-order valence-electron chi connectivity index (χ4n) is 3.29. The number of nitrogens with zero attached hydrogens (tertiary/aromatic N) is 1. The molecular formula is C20H22Cl2N2O4S. The number of rotatable bonds is 6. The number of anilines is 1. The smallest absolute Gasteiger partial charge is 0.227 e. The minimum atomic E-state index is -3.58. The van der Waals surface area contributed by atoms with E-state index in [1.807, 2.05) is 0 Å². The average molecular weight is 457 g/mol. The molecule has 0 saturated carbocycles. The summed E-state index contributed by atoms with van der Waals surface area (Å²) in [5.74, 6) is 0.0227. The van der Waals surface area contributed by atoms with Gasteiger partial charge < -0.3 is 10.1 Å². The van der Waals surface area contributed by atoms with Crippen LogP contribution in [0, 0.1) is 5.92 Å². The SMILES string of the molecule is COc1cccc(NC(=O)C2CCN(S(=O)(=O)Cc3c(Cl)cccc3Cl)CC2)c1. The van der Waals surface area contributed by atoms with E-state index < -0.39 is 10.0 Å². The number of carbonyl (C=O) groups excluding carboxylic acids is 1. The van der Waals surface area contributed by atoms with Crippen molar-refractivity contribution < 1.29 is 17.9 Å². The first-order valence-electron chi connectivity index (χ1n) is 9.16. The van der Waals surface area contributed by atoms with E-state index in [4.69, 9.17) is 27.9 Å². The van der Waals surface area contributed by atoms with Crippen molar-refractivity contribution in [3.63, 3.8) is 0 Å². The van der Waals surface area contributed by atoms with Gasteiger partial charge in [0.1, 0.15) is 5.75 Å². The van der Waals surface area contributed by atoms with Crippen molar-refractivity contribution in [1.29, 1.82) is 0 Å². The predicted octanol–water partition coefficient (Wildman–Crippen LogP) is 4.18. The molecule has 1 saturated heterocycles. The number of piperidine rings is 1. The lowest BCUT2D eigenvalue weighted by Crippen LogP contribution is -2.41. The first-order chi connectivity index (χ1) is 13.8.